The summed E-state index contributed by atoms with van der Waals surface area (Å²) in [5.74, 6) is 1.28. The van der Waals surface area contributed by atoms with Crippen molar-refractivity contribution < 1.29 is 9.53 Å². The molecule has 4 nitrogen and oxygen atoms in total. The van der Waals surface area contributed by atoms with Gasteiger partial charge in [0.1, 0.15) is 5.75 Å². The maximum absolute atomic E-state index is 11.1. The van der Waals surface area contributed by atoms with Crippen molar-refractivity contribution in [3.05, 3.63) is 28.8 Å². The van der Waals surface area contributed by atoms with E-state index < -0.39 is 0 Å². The number of methoxy groups -OCH3 is 1. The van der Waals surface area contributed by atoms with E-state index in [1.807, 2.05) is 12.1 Å². The molecule has 0 spiro atoms. The average molecular weight is 325 g/mol. The standard InChI is InChI=1S/C17H25ClN2O2/c1-12(15-6-7-17(22-3)16(18)9-15)20-8-4-5-14(11-20)10-19-13(2)21/h6-7,9,12,14H,4-5,8,10-11H2,1-3H3,(H,19,21). The lowest BCUT2D eigenvalue weighted by atomic mass is 9.95. The van der Waals surface area contributed by atoms with E-state index in [0.717, 1.165) is 19.6 Å². The third kappa shape index (κ3) is 4.37. The Morgan fingerprint density at radius 2 is 2.32 bits per heavy atom. The predicted octanol–water partition coefficient (Wildman–Crippen LogP) is 3.26. The van der Waals surface area contributed by atoms with E-state index in [2.05, 4.69) is 23.2 Å². The number of likely N-dealkylation sites (tertiary alicyclic amines) is 1. The first-order valence-corrected chi connectivity index (χ1v) is 8.21. The highest BCUT2D eigenvalue weighted by atomic mass is 35.5. The molecular formula is C17H25ClN2O2. The number of halogens is 1. The number of hydrogen-bond donors (Lipinski definition) is 1. The van der Waals surface area contributed by atoms with E-state index in [9.17, 15) is 4.79 Å². The van der Waals surface area contributed by atoms with E-state index in [4.69, 9.17) is 16.3 Å². The lowest BCUT2D eigenvalue weighted by molar-refractivity contribution is -0.119. The van der Waals surface area contributed by atoms with Gasteiger partial charge in [-0.2, -0.15) is 0 Å². The molecule has 1 aromatic rings. The summed E-state index contributed by atoms with van der Waals surface area (Å²) in [7, 11) is 1.63. The summed E-state index contributed by atoms with van der Waals surface area (Å²) in [6.45, 7) is 6.63. The van der Waals surface area contributed by atoms with Crippen molar-refractivity contribution in [1.29, 1.82) is 0 Å². The molecule has 1 fully saturated rings. The van der Waals surface area contributed by atoms with Crippen LogP contribution in [0.2, 0.25) is 5.02 Å². The molecule has 2 unspecified atom stereocenters. The van der Waals surface area contributed by atoms with Crippen molar-refractivity contribution >= 4 is 17.5 Å². The first-order chi connectivity index (χ1) is 10.5. The quantitative estimate of drug-likeness (QED) is 0.904. The van der Waals surface area contributed by atoms with Gasteiger partial charge in [0.2, 0.25) is 5.91 Å². The monoisotopic (exact) mass is 324 g/mol. The number of nitrogens with one attached hydrogen (secondary N) is 1. The molecule has 0 bridgehead atoms. The van der Waals surface area contributed by atoms with Gasteiger partial charge in [-0.05, 0) is 49.9 Å². The second-order valence-corrected chi connectivity index (χ2v) is 6.42. The Balaban J connectivity index is 2.00. The summed E-state index contributed by atoms with van der Waals surface area (Å²) in [5, 5.41) is 3.59. The molecule has 122 valence electrons. The topological polar surface area (TPSA) is 41.6 Å². The smallest absolute Gasteiger partial charge is 0.216 e. The summed E-state index contributed by atoms with van der Waals surface area (Å²) >= 11 is 6.23. The zero-order valence-electron chi connectivity index (χ0n) is 13.6. The van der Waals surface area contributed by atoms with Crippen molar-refractivity contribution in [2.24, 2.45) is 5.92 Å². The highest BCUT2D eigenvalue weighted by molar-refractivity contribution is 6.32. The minimum absolute atomic E-state index is 0.0482. The Morgan fingerprint density at radius 3 is 2.95 bits per heavy atom. The predicted molar refractivity (Wildman–Crippen MR) is 89.4 cm³/mol. The van der Waals surface area contributed by atoms with Crippen molar-refractivity contribution in [1.82, 2.24) is 10.2 Å². The Labute approximate surface area is 137 Å². The Kier molecular flexibility index (Phi) is 6.09. The first kappa shape index (κ1) is 17.1. The second kappa shape index (κ2) is 7.84. The molecule has 5 heteroatoms. The average Bonchev–Trinajstić information content (AvgIpc) is 2.52. The summed E-state index contributed by atoms with van der Waals surface area (Å²) in [4.78, 5) is 13.5. The van der Waals surface area contributed by atoms with E-state index in [1.165, 1.54) is 18.4 Å². The Hall–Kier alpha value is -1.26. The fourth-order valence-corrected chi connectivity index (χ4v) is 3.32. The lowest BCUT2D eigenvalue weighted by Crippen LogP contribution is -2.41. The molecule has 2 atom stereocenters. The van der Waals surface area contributed by atoms with Gasteiger partial charge in [-0.25, -0.2) is 0 Å². The zero-order valence-corrected chi connectivity index (χ0v) is 14.3. The number of hydrogen-bond acceptors (Lipinski definition) is 3. The van der Waals surface area contributed by atoms with E-state index in [0.29, 0.717) is 22.7 Å². The van der Waals surface area contributed by atoms with Gasteiger partial charge < -0.3 is 10.1 Å². The molecule has 22 heavy (non-hydrogen) atoms. The Bertz CT molecular complexity index is 521. The molecule has 0 aliphatic carbocycles. The van der Waals surface area contributed by atoms with Crippen LogP contribution in [0.4, 0.5) is 0 Å². The van der Waals surface area contributed by atoms with Gasteiger partial charge in [-0.1, -0.05) is 17.7 Å². The fourth-order valence-electron chi connectivity index (χ4n) is 3.06. The lowest BCUT2D eigenvalue weighted by Gasteiger charge is -2.37. The van der Waals surface area contributed by atoms with Crippen LogP contribution < -0.4 is 10.1 Å². The number of carbonyl (C=O) groups is 1. The van der Waals surface area contributed by atoms with Gasteiger partial charge in [-0.3, -0.25) is 9.69 Å². The number of nitrogens with zero attached hydrogens (tertiary/aromatic N) is 1. The van der Waals surface area contributed by atoms with Gasteiger partial charge in [0, 0.05) is 26.1 Å². The number of carbonyl (C=O) groups excluding carboxylic acids is 1. The molecule has 1 amide bonds. The van der Waals surface area contributed by atoms with Crippen LogP contribution in [0.5, 0.6) is 5.75 Å². The summed E-state index contributed by atoms with van der Waals surface area (Å²) in [5.41, 5.74) is 1.20. The molecule has 1 aliphatic rings. The van der Waals surface area contributed by atoms with Crippen LogP contribution in [0, 0.1) is 5.92 Å². The van der Waals surface area contributed by atoms with Crippen LogP contribution in [-0.2, 0) is 4.79 Å². The van der Waals surface area contributed by atoms with Crippen LogP contribution in [0.1, 0.15) is 38.3 Å². The number of rotatable bonds is 5. The number of ether oxygens (including phenoxy) is 1. The number of benzene rings is 1. The Morgan fingerprint density at radius 1 is 1.55 bits per heavy atom. The van der Waals surface area contributed by atoms with Crippen molar-refractivity contribution in [3.8, 4) is 5.75 Å². The fraction of sp³-hybridized carbons (Fsp3) is 0.588. The van der Waals surface area contributed by atoms with E-state index in [1.54, 1.807) is 14.0 Å². The van der Waals surface area contributed by atoms with Crippen LogP contribution in [-0.4, -0.2) is 37.6 Å². The largest absolute Gasteiger partial charge is 0.495 e. The molecule has 1 aromatic carbocycles. The zero-order chi connectivity index (χ0) is 16.1. The molecular weight excluding hydrogens is 300 g/mol. The maximum Gasteiger partial charge on any atom is 0.216 e. The van der Waals surface area contributed by atoms with Crippen LogP contribution >= 0.6 is 11.6 Å². The van der Waals surface area contributed by atoms with E-state index >= 15 is 0 Å². The molecule has 0 saturated carbocycles. The molecule has 0 radical (unpaired) electrons. The SMILES string of the molecule is COc1ccc(C(C)N2CCCC(CNC(C)=O)C2)cc1Cl. The number of amides is 1. The molecule has 0 aromatic heterocycles. The summed E-state index contributed by atoms with van der Waals surface area (Å²) < 4.78 is 5.21. The molecule has 1 heterocycles. The molecule has 1 saturated heterocycles. The third-order valence-electron chi connectivity index (χ3n) is 4.40. The van der Waals surface area contributed by atoms with Gasteiger partial charge in [-0.15, -0.1) is 0 Å². The second-order valence-electron chi connectivity index (χ2n) is 6.01. The van der Waals surface area contributed by atoms with Crippen molar-refractivity contribution in [2.45, 2.75) is 32.7 Å². The van der Waals surface area contributed by atoms with Gasteiger partial charge in [0.15, 0.2) is 0 Å². The highest BCUT2D eigenvalue weighted by Gasteiger charge is 2.24. The normalized spacial score (nSPS) is 20.5. The van der Waals surface area contributed by atoms with E-state index in [-0.39, 0.29) is 5.91 Å². The minimum atomic E-state index is 0.0482. The molecule has 2 rings (SSSR count). The van der Waals surface area contributed by atoms with Crippen LogP contribution in [0.3, 0.4) is 0 Å². The van der Waals surface area contributed by atoms with Crippen molar-refractivity contribution in [3.63, 3.8) is 0 Å². The first-order valence-electron chi connectivity index (χ1n) is 7.83. The number of piperidine rings is 1. The molecule has 1 N–H and O–H groups in total. The van der Waals surface area contributed by atoms with Gasteiger partial charge >= 0.3 is 0 Å². The minimum Gasteiger partial charge on any atom is -0.495 e. The third-order valence-corrected chi connectivity index (χ3v) is 4.69. The van der Waals surface area contributed by atoms with Crippen LogP contribution in [0.15, 0.2) is 18.2 Å². The maximum atomic E-state index is 11.1. The summed E-state index contributed by atoms with van der Waals surface area (Å²) in [6.07, 6.45) is 2.34. The highest BCUT2D eigenvalue weighted by Crippen LogP contribution is 2.31. The summed E-state index contributed by atoms with van der Waals surface area (Å²) in [6, 6.07) is 6.30. The molecule has 1 aliphatic heterocycles. The van der Waals surface area contributed by atoms with Crippen molar-refractivity contribution in [2.75, 3.05) is 26.7 Å². The van der Waals surface area contributed by atoms with Crippen LogP contribution in [0.25, 0.3) is 0 Å². The van der Waals surface area contributed by atoms with Gasteiger partial charge in [0.25, 0.3) is 0 Å². The van der Waals surface area contributed by atoms with Gasteiger partial charge in [0.05, 0.1) is 12.1 Å².